The summed E-state index contributed by atoms with van der Waals surface area (Å²) in [5, 5.41) is 9.54. The molecule has 3 aromatic rings. The highest BCUT2D eigenvalue weighted by molar-refractivity contribution is 6.31. The number of rotatable bonds is 9. The number of halogens is 2. The molecule has 2 aromatic carbocycles. The van der Waals surface area contributed by atoms with Crippen molar-refractivity contribution in [3.8, 4) is 11.8 Å². The van der Waals surface area contributed by atoms with Gasteiger partial charge in [-0.25, -0.2) is 9.37 Å². The molecule has 1 aromatic heterocycles. The molecule has 5 heterocycles. The number of nitrogens with zero attached hydrogens (tertiary/aromatic N) is 7. The number of pyridine rings is 1. The number of likely N-dealkylation sites (tertiary alicyclic amines) is 1. The lowest BCUT2D eigenvalue weighted by Gasteiger charge is -2.65. The van der Waals surface area contributed by atoms with Crippen LogP contribution in [-0.2, 0) is 9.59 Å². The number of carbonyl (C=O) groups excluding carboxylic acids is 5. The topological polar surface area (TPSA) is 173 Å². The lowest BCUT2D eigenvalue weighted by molar-refractivity contribution is -0.216. The summed E-state index contributed by atoms with van der Waals surface area (Å²) in [7, 11) is 0. The first-order valence-corrected chi connectivity index (χ1v) is 21.7. The number of carbonyl (C=O) groups is 5. The molecule has 1 aliphatic carbocycles. The van der Waals surface area contributed by atoms with Gasteiger partial charge in [0.25, 0.3) is 17.7 Å². The van der Waals surface area contributed by atoms with E-state index in [1.807, 2.05) is 44.7 Å². The summed E-state index contributed by atoms with van der Waals surface area (Å²) in [6.45, 7) is 15.4. The Balaban J connectivity index is 0.931. The predicted octanol–water partition coefficient (Wildman–Crippen LogP) is 5.66. The van der Waals surface area contributed by atoms with Crippen LogP contribution in [0, 0.1) is 33.9 Å². The smallest absolute Gasteiger partial charge is 0.262 e. The molecule has 0 spiro atoms. The van der Waals surface area contributed by atoms with Crippen molar-refractivity contribution in [1.29, 1.82) is 5.26 Å². The van der Waals surface area contributed by atoms with Gasteiger partial charge in [-0.1, -0.05) is 39.3 Å². The number of imide groups is 2. The van der Waals surface area contributed by atoms with Gasteiger partial charge in [-0.05, 0) is 75.4 Å². The molecule has 5 amide bonds. The maximum atomic E-state index is 16.1. The summed E-state index contributed by atoms with van der Waals surface area (Å²) in [5.74, 6) is -1.91. The maximum Gasteiger partial charge on any atom is 0.262 e. The van der Waals surface area contributed by atoms with Crippen molar-refractivity contribution in [3.63, 3.8) is 0 Å². The minimum atomic E-state index is -1.25. The fourth-order valence-corrected chi connectivity index (χ4v) is 11.5. The van der Waals surface area contributed by atoms with E-state index in [4.69, 9.17) is 22.1 Å². The zero-order valence-corrected chi connectivity index (χ0v) is 36.6. The highest BCUT2D eigenvalue weighted by Gasteiger charge is 2.68. The van der Waals surface area contributed by atoms with Crippen molar-refractivity contribution in [2.45, 2.75) is 97.5 Å². The van der Waals surface area contributed by atoms with Gasteiger partial charge in [0.1, 0.15) is 35.6 Å². The van der Waals surface area contributed by atoms with Crippen LogP contribution in [0.15, 0.2) is 48.7 Å². The number of fused-ring (bicyclic) bond motifs is 1. The zero-order chi connectivity index (χ0) is 44.6. The quantitative estimate of drug-likeness (QED) is 0.263. The third-order valence-electron chi connectivity index (χ3n) is 13.9. The molecule has 62 heavy (non-hydrogen) atoms. The predicted molar refractivity (Wildman–Crippen MR) is 229 cm³/mol. The number of benzene rings is 2. The van der Waals surface area contributed by atoms with E-state index in [9.17, 15) is 29.2 Å². The summed E-state index contributed by atoms with van der Waals surface area (Å²) in [4.78, 5) is 80.9. The molecule has 5 aliphatic rings. The first-order chi connectivity index (χ1) is 29.3. The number of piperidine rings is 2. The van der Waals surface area contributed by atoms with E-state index < -0.39 is 64.4 Å². The van der Waals surface area contributed by atoms with E-state index in [0.29, 0.717) is 35.9 Å². The summed E-state index contributed by atoms with van der Waals surface area (Å²) < 4.78 is 22.5. The Labute approximate surface area is 365 Å². The van der Waals surface area contributed by atoms with Gasteiger partial charge in [0.05, 0.1) is 39.0 Å². The Morgan fingerprint density at radius 3 is 2.15 bits per heavy atom. The maximum absolute atomic E-state index is 16.1. The third-order valence-corrected chi connectivity index (χ3v) is 14.2. The average Bonchev–Trinajstić information content (AvgIpc) is 3.46. The summed E-state index contributed by atoms with van der Waals surface area (Å²) in [5.41, 5.74) is 4.71. The van der Waals surface area contributed by atoms with Gasteiger partial charge < -0.3 is 20.3 Å². The second-order valence-electron chi connectivity index (χ2n) is 18.8. The minimum Gasteiger partial charge on any atom is -0.489 e. The number of nitriles is 1. The lowest BCUT2D eigenvalue weighted by atomic mass is 9.48. The SMILES string of the molecule is C[C@@H]1CN(c2cc3c(cc2F)C(=O)N([C@@H]2CCC(=O)N(C4C(C)(C)C(Oc5ccc(C#N)c(Cl)c5)C4(C)C)C2=O)C3=O)C[C@@H](C)N1CC1CCN(c2ccc(C(N)=O)cn2)CC1. The van der Waals surface area contributed by atoms with Gasteiger partial charge in [0.15, 0.2) is 0 Å². The molecular weight excluding hydrogens is 815 g/mol. The van der Waals surface area contributed by atoms with E-state index in [2.05, 4.69) is 28.6 Å². The Kier molecular flexibility index (Phi) is 11.1. The number of hydrogen-bond donors (Lipinski definition) is 1. The van der Waals surface area contributed by atoms with E-state index >= 15 is 4.39 Å². The van der Waals surface area contributed by atoms with Gasteiger partial charge >= 0.3 is 0 Å². The summed E-state index contributed by atoms with van der Waals surface area (Å²) in [6.07, 6.45) is 2.88. The van der Waals surface area contributed by atoms with Crippen molar-refractivity contribution in [2.75, 3.05) is 42.5 Å². The van der Waals surface area contributed by atoms with E-state index in [0.717, 1.165) is 49.3 Å². The summed E-state index contributed by atoms with van der Waals surface area (Å²) >= 11 is 6.27. The number of piperazine rings is 1. The average molecular weight is 867 g/mol. The van der Waals surface area contributed by atoms with Crippen LogP contribution in [0.4, 0.5) is 15.9 Å². The van der Waals surface area contributed by atoms with Gasteiger partial charge in [-0.15, -0.1) is 0 Å². The normalized spacial score (nSPS) is 26.3. The Hall–Kier alpha value is -5.59. The minimum absolute atomic E-state index is 0.0368. The molecule has 0 bridgehead atoms. The molecule has 16 heteroatoms. The molecule has 8 rings (SSSR count). The van der Waals surface area contributed by atoms with Gasteiger partial charge in [-0.3, -0.25) is 38.7 Å². The molecule has 0 radical (unpaired) electrons. The first-order valence-electron chi connectivity index (χ1n) is 21.3. The number of nitrogens with two attached hydrogens (primary N) is 1. The molecular formula is C46H52ClFN8O6. The van der Waals surface area contributed by atoms with Crippen molar-refractivity contribution in [1.82, 2.24) is 19.7 Å². The van der Waals surface area contributed by atoms with Gasteiger partial charge in [0.2, 0.25) is 11.8 Å². The summed E-state index contributed by atoms with van der Waals surface area (Å²) in [6, 6.07) is 11.1. The van der Waals surface area contributed by atoms with Crippen molar-refractivity contribution in [2.24, 2.45) is 22.5 Å². The Bertz CT molecular complexity index is 2370. The van der Waals surface area contributed by atoms with Crippen LogP contribution in [0.1, 0.15) is 104 Å². The van der Waals surface area contributed by atoms with E-state index in [-0.39, 0.29) is 46.8 Å². The molecule has 4 aliphatic heterocycles. The molecule has 326 valence electrons. The molecule has 14 nitrogen and oxygen atoms in total. The van der Waals surface area contributed by atoms with Crippen LogP contribution in [-0.4, -0.2) is 112 Å². The number of ether oxygens (including phenoxy) is 1. The second kappa shape index (κ2) is 16.0. The van der Waals surface area contributed by atoms with Crippen LogP contribution in [0.5, 0.6) is 5.75 Å². The molecule has 4 fully saturated rings. The first kappa shape index (κ1) is 43.1. The fourth-order valence-electron chi connectivity index (χ4n) is 11.2. The number of anilines is 2. The van der Waals surface area contributed by atoms with E-state index in [1.165, 1.54) is 17.2 Å². The molecule has 2 N–H and O–H groups in total. The largest absolute Gasteiger partial charge is 0.489 e. The zero-order valence-electron chi connectivity index (χ0n) is 35.9. The molecule has 0 unspecified atom stereocenters. The van der Waals surface area contributed by atoms with E-state index in [1.54, 1.807) is 24.3 Å². The standard InChI is InChI=1S/C46H52ClFN8O6/c1-25-22-53(23-26(2)54(25)24-27-13-15-52(16-14-27)37-11-8-29(21-51-37)39(50)58)36-19-32-31(18-34(36)48)40(59)55(41(32)60)35-10-12-38(57)56(42(35)61)43-45(3,4)44(46(43,5)6)62-30-9-7-28(20-49)33(47)17-30/h7-9,11,17-19,21,25-27,35,43-44H,10,12-16,22-24H2,1-6H3,(H2,50,58)/t25-,26-,35-,43?,44?/m1/s1. The monoisotopic (exact) mass is 866 g/mol. The van der Waals surface area contributed by atoms with Gasteiger partial charge in [-0.2, -0.15) is 5.26 Å². The lowest BCUT2D eigenvalue weighted by Crippen LogP contribution is -2.77. The van der Waals surface area contributed by atoms with Crippen LogP contribution in [0.2, 0.25) is 5.02 Å². The molecule has 3 saturated heterocycles. The van der Waals surface area contributed by atoms with Crippen molar-refractivity contribution in [3.05, 3.63) is 81.8 Å². The number of amides is 5. The van der Waals surface area contributed by atoms with Crippen LogP contribution < -0.4 is 20.3 Å². The molecule has 3 atom stereocenters. The van der Waals surface area contributed by atoms with Crippen LogP contribution in [0.25, 0.3) is 0 Å². The van der Waals surface area contributed by atoms with Crippen molar-refractivity contribution >= 4 is 52.6 Å². The number of primary amides is 1. The number of aromatic nitrogens is 1. The van der Waals surface area contributed by atoms with Crippen molar-refractivity contribution < 1.29 is 33.1 Å². The highest BCUT2D eigenvalue weighted by Crippen LogP contribution is 2.58. The third kappa shape index (κ3) is 7.24. The fraction of sp³-hybridized carbons (Fsp3) is 0.500. The Morgan fingerprint density at radius 1 is 0.919 bits per heavy atom. The second-order valence-corrected chi connectivity index (χ2v) is 19.2. The van der Waals surface area contributed by atoms with Gasteiger partial charge in [0, 0.05) is 74.3 Å². The number of hydrogen-bond acceptors (Lipinski definition) is 11. The highest BCUT2D eigenvalue weighted by atomic mass is 35.5. The van der Waals surface area contributed by atoms with Crippen LogP contribution in [0.3, 0.4) is 0 Å². The van der Waals surface area contributed by atoms with Crippen LogP contribution >= 0.6 is 11.6 Å². The molecule has 1 saturated carbocycles. The Morgan fingerprint density at radius 2 is 1.56 bits per heavy atom.